The Bertz CT molecular complexity index is 632. The second-order valence-corrected chi connectivity index (χ2v) is 5.55. The van der Waals surface area contributed by atoms with Gasteiger partial charge >= 0.3 is 6.03 Å². The highest BCUT2D eigenvalue weighted by Crippen LogP contribution is 2.19. The van der Waals surface area contributed by atoms with E-state index >= 15 is 0 Å². The minimum Gasteiger partial charge on any atom is -0.331 e. The van der Waals surface area contributed by atoms with Crippen molar-refractivity contribution < 1.29 is 4.79 Å². The summed E-state index contributed by atoms with van der Waals surface area (Å²) in [6, 6.07) is 13.8. The Hall–Kier alpha value is -2.29. The van der Waals surface area contributed by atoms with Gasteiger partial charge in [-0.25, -0.2) is 4.79 Å². The lowest BCUT2D eigenvalue weighted by molar-refractivity contribution is 0.249. The lowest BCUT2D eigenvalue weighted by atomic mass is 10.0. The van der Waals surface area contributed by atoms with Crippen molar-refractivity contribution in [3.05, 3.63) is 64.7 Å². The zero-order valence-electron chi connectivity index (χ0n) is 13.0. The van der Waals surface area contributed by atoms with E-state index in [9.17, 15) is 4.79 Å². The Morgan fingerprint density at radius 2 is 1.57 bits per heavy atom. The summed E-state index contributed by atoms with van der Waals surface area (Å²) in [6.45, 7) is 8.13. The highest BCUT2D eigenvalue weighted by atomic mass is 16.2. The summed E-state index contributed by atoms with van der Waals surface area (Å²) in [5.74, 6) is 0. The summed E-state index contributed by atoms with van der Waals surface area (Å²) in [4.78, 5) is 12.1. The molecular weight excluding hydrogens is 260 g/mol. The molecule has 0 aromatic heterocycles. The van der Waals surface area contributed by atoms with Crippen LogP contribution in [0.5, 0.6) is 0 Å². The number of aryl methyl sites for hydroxylation is 3. The van der Waals surface area contributed by atoms with E-state index in [4.69, 9.17) is 0 Å². The summed E-state index contributed by atoms with van der Waals surface area (Å²) in [6.07, 6.45) is 0. The molecule has 21 heavy (non-hydrogen) atoms. The van der Waals surface area contributed by atoms with E-state index in [1.54, 1.807) is 0 Å². The normalized spacial score (nSPS) is 11.8. The van der Waals surface area contributed by atoms with Crippen LogP contribution in [0.1, 0.15) is 35.2 Å². The summed E-state index contributed by atoms with van der Waals surface area (Å²) < 4.78 is 0. The Balaban J connectivity index is 2.01. The third-order valence-corrected chi connectivity index (χ3v) is 3.56. The SMILES string of the molecule is Cc1ccc(NC(=O)NC(C)c2cc(C)ccc2C)cc1. The van der Waals surface area contributed by atoms with Gasteiger partial charge in [-0.1, -0.05) is 41.5 Å². The smallest absolute Gasteiger partial charge is 0.319 e. The highest BCUT2D eigenvalue weighted by molar-refractivity contribution is 5.89. The number of anilines is 1. The number of hydrogen-bond acceptors (Lipinski definition) is 1. The Labute approximate surface area is 126 Å². The second-order valence-electron chi connectivity index (χ2n) is 5.55. The van der Waals surface area contributed by atoms with Crippen LogP contribution in [0.25, 0.3) is 0 Å². The number of nitrogens with one attached hydrogen (secondary N) is 2. The number of amides is 2. The van der Waals surface area contributed by atoms with Gasteiger partial charge in [0.15, 0.2) is 0 Å². The molecule has 3 heteroatoms. The number of rotatable bonds is 3. The summed E-state index contributed by atoms with van der Waals surface area (Å²) >= 11 is 0. The largest absolute Gasteiger partial charge is 0.331 e. The molecule has 0 aliphatic heterocycles. The van der Waals surface area contributed by atoms with Crippen LogP contribution in [0.2, 0.25) is 0 Å². The molecule has 0 bridgehead atoms. The van der Waals surface area contributed by atoms with Crippen LogP contribution in [-0.4, -0.2) is 6.03 Å². The lowest BCUT2D eigenvalue weighted by Crippen LogP contribution is -2.31. The van der Waals surface area contributed by atoms with Crippen LogP contribution >= 0.6 is 0 Å². The topological polar surface area (TPSA) is 41.1 Å². The summed E-state index contributed by atoms with van der Waals surface area (Å²) in [5, 5.41) is 5.83. The molecule has 2 aromatic rings. The predicted octanol–water partition coefficient (Wildman–Crippen LogP) is 4.49. The maximum Gasteiger partial charge on any atom is 0.319 e. The van der Waals surface area contributed by atoms with E-state index in [0.29, 0.717) is 0 Å². The first-order valence-corrected chi connectivity index (χ1v) is 7.17. The van der Waals surface area contributed by atoms with Crippen LogP contribution in [0.15, 0.2) is 42.5 Å². The van der Waals surface area contributed by atoms with E-state index in [2.05, 4.69) is 42.7 Å². The Morgan fingerprint density at radius 1 is 0.952 bits per heavy atom. The van der Waals surface area contributed by atoms with Gasteiger partial charge in [-0.2, -0.15) is 0 Å². The van der Waals surface area contributed by atoms with Gasteiger partial charge in [0.1, 0.15) is 0 Å². The van der Waals surface area contributed by atoms with Gasteiger partial charge in [0.05, 0.1) is 6.04 Å². The Morgan fingerprint density at radius 3 is 2.24 bits per heavy atom. The number of urea groups is 1. The average molecular weight is 282 g/mol. The van der Waals surface area contributed by atoms with Gasteiger partial charge in [0, 0.05) is 5.69 Å². The van der Waals surface area contributed by atoms with Crippen molar-refractivity contribution in [2.45, 2.75) is 33.7 Å². The molecule has 0 fully saturated rings. The van der Waals surface area contributed by atoms with E-state index in [1.807, 2.05) is 38.1 Å². The zero-order valence-corrected chi connectivity index (χ0v) is 13.0. The van der Waals surface area contributed by atoms with Crippen molar-refractivity contribution in [1.82, 2.24) is 5.32 Å². The maximum absolute atomic E-state index is 12.1. The number of carbonyl (C=O) groups is 1. The predicted molar refractivity (Wildman–Crippen MR) is 87.7 cm³/mol. The average Bonchev–Trinajstić information content (AvgIpc) is 2.44. The fraction of sp³-hybridized carbons (Fsp3) is 0.278. The van der Waals surface area contributed by atoms with E-state index < -0.39 is 0 Å². The number of hydrogen-bond donors (Lipinski definition) is 2. The van der Waals surface area contributed by atoms with Crippen molar-refractivity contribution in [3.63, 3.8) is 0 Å². The minimum absolute atomic E-state index is 0.0321. The van der Waals surface area contributed by atoms with Crippen LogP contribution in [0, 0.1) is 20.8 Å². The van der Waals surface area contributed by atoms with Gasteiger partial charge in [-0.3, -0.25) is 0 Å². The first-order chi connectivity index (χ1) is 9.95. The standard InChI is InChI=1S/C18H22N2O/c1-12-6-9-16(10-7-12)20-18(21)19-15(4)17-11-13(2)5-8-14(17)3/h5-11,15H,1-4H3,(H2,19,20,21). The molecule has 2 aromatic carbocycles. The maximum atomic E-state index is 12.1. The molecule has 2 N–H and O–H groups in total. The third kappa shape index (κ3) is 4.09. The molecule has 0 radical (unpaired) electrons. The van der Waals surface area contributed by atoms with Gasteiger partial charge in [-0.05, 0) is 51.0 Å². The van der Waals surface area contributed by atoms with Crippen LogP contribution < -0.4 is 10.6 Å². The van der Waals surface area contributed by atoms with Crippen molar-refractivity contribution in [2.24, 2.45) is 0 Å². The number of benzene rings is 2. The van der Waals surface area contributed by atoms with E-state index in [1.165, 1.54) is 16.7 Å². The van der Waals surface area contributed by atoms with Crippen molar-refractivity contribution in [3.8, 4) is 0 Å². The first kappa shape index (κ1) is 15.1. The molecule has 0 heterocycles. The monoisotopic (exact) mass is 282 g/mol. The second kappa shape index (κ2) is 6.44. The van der Waals surface area contributed by atoms with Gasteiger partial charge in [-0.15, -0.1) is 0 Å². The molecule has 2 amide bonds. The van der Waals surface area contributed by atoms with Crippen molar-refractivity contribution in [1.29, 1.82) is 0 Å². The van der Waals surface area contributed by atoms with Gasteiger partial charge in [0.25, 0.3) is 0 Å². The molecule has 1 unspecified atom stereocenters. The molecule has 0 saturated carbocycles. The van der Waals surface area contributed by atoms with Gasteiger partial charge in [0.2, 0.25) is 0 Å². The molecular formula is C18H22N2O. The fourth-order valence-electron chi connectivity index (χ4n) is 2.30. The highest BCUT2D eigenvalue weighted by Gasteiger charge is 2.11. The van der Waals surface area contributed by atoms with E-state index in [-0.39, 0.29) is 12.1 Å². The zero-order chi connectivity index (χ0) is 15.4. The third-order valence-electron chi connectivity index (χ3n) is 3.56. The quantitative estimate of drug-likeness (QED) is 0.855. The van der Waals surface area contributed by atoms with Crippen molar-refractivity contribution in [2.75, 3.05) is 5.32 Å². The molecule has 0 aliphatic rings. The van der Waals surface area contributed by atoms with Crippen molar-refractivity contribution >= 4 is 11.7 Å². The summed E-state index contributed by atoms with van der Waals surface area (Å²) in [5.41, 5.74) is 5.50. The summed E-state index contributed by atoms with van der Waals surface area (Å²) in [7, 11) is 0. The number of carbonyl (C=O) groups excluding carboxylic acids is 1. The molecule has 0 aliphatic carbocycles. The lowest BCUT2D eigenvalue weighted by Gasteiger charge is -2.18. The molecule has 0 saturated heterocycles. The van der Waals surface area contributed by atoms with Crippen LogP contribution in [0.4, 0.5) is 10.5 Å². The Kier molecular flexibility index (Phi) is 4.63. The minimum atomic E-state index is -0.188. The molecule has 1 atom stereocenters. The van der Waals surface area contributed by atoms with Crippen LogP contribution in [0.3, 0.4) is 0 Å². The molecule has 110 valence electrons. The molecule has 3 nitrogen and oxygen atoms in total. The molecule has 2 rings (SSSR count). The van der Waals surface area contributed by atoms with Crippen LogP contribution in [-0.2, 0) is 0 Å². The van der Waals surface area contributed by atoms with E-state index in [0.717, 1.165) is 11.3 Å². The molecule has 0 spiro atoms. The fourth-order valence-corrected chi connectivity index (χ4v) is 2.30. The first-order valence-electron chi connectivity index (χ1n) is 7.17. The van der Waals surface area contributed by atoms with Gasteiger partial charge < -0.3 is 10.6 Å².